The lowest BCUT2D eigenvalue weighted by molar-refractivity contribution is 0.0965. The van der Waals surface area contributed by atoms with Crippen LogP contribution in [-0.4, -0.2) is 42.9 Å². The normalized spacial score (nSPS) is 12.1. The van der Waals surface area contributed by atoms with Crippen LogP contribution in [0, 0.1) is 22.7 Å². The predicted octanol–water partition coefficient (Wildman–Crippen LogP) is 3.94. The molecule has 35 heavy (non-hydrogen) atoms. The molecular weight excluding hydrogens is 444 g/mol. The zero-order chi connectivity index (χ0) is 26.0. The lowest BCUT2D eigenvalue weighted by Crippen LogP contribution is -2.23. The molecule has 2 aromatic heterocycles. The van der Waals surface area contributed by atoms with E-state index in [-0.39, 0.29) is 24.0 Å². The number of allylic oxidation sites excluding steroid dienone is 4. The summed E-state index contributed by atoms with van der Waals surface area (Å²) in [4.78, 5) is 25.4. The molecule has 2 rings (SSSR count). The Morgan fingerprint density at radius 2 is 1.97 bits per heavy atom. The van der Waals surface area contributed by atoms with Gasteiger partial charge >= 0.3 is 0 Å². The Morgan fingerprint density at radius 1 is 1.23 bits per heavy atom. The van der Waals surface area contributed by atoms with Crippen LogP contribution in [-0.2, 0) is 10.2 Å². The Kier molecular flexibility index (Phi) is 9.39. The smallest absolute Gasteiger partial charge is 0.255 e. The molecule has 0 bridgehead atoms. The van der Waals surface area contributed by atoms with Gasteiger partial charge in [-0.1, -0.05) is 0 Å². The van der Waals surface area contributed by atoms with E-state index in [0.29, 0.717) is 40.4 Å². The second-order valence-corrected chi connectivity index (χ2v) is 8.14. The first-order valence-corrected chi connectivity index (χ1v) is 10.7. The molecule has 0 spiro atoms. The van der Waals surface area contributed by atoms with E-state index in [0.717, 1.165) is 0 Å². The van der Waals surface area contributed by atoms with Gasteiger partial charge in [-0.05, 0) is 58.7 Å². The van der Waals surface area contributed by atoms with Crippen LogP contribution in [0.2, 0.25) is 0 Å². The molecule has 0 aliphatic carbocycles. The van der Waals surface area contributed by atoms with E-state index in [2.05, 4.69) is 39.1 Å². The van der Waals surface area contributed by atoms with Crippen LogP contribution in [0.3, 0.4) is 0 Å². The summed E-state index contributed by atoms with van der Waals surface area (Å²) in [7, 11) is 1.56. The Bertz CT molecular complexity index is 1250. The second kappa shape index (κ2) is 12.2. The van der Waals surface area contributed by atoms with Gasteiger partial charge in [-0.2, -0.15) is 10.5 Å². The van der Waals surface area contributed by atoms with Crippen LogP contribution >= 0.6 is 0 Å². The molecule has 1 N–H and O–H groups in total. The summed E-state index contributed by atoms with van der Waals surface area (Å²) in [6.45, 7) is 11.2. The number of nitrogens with one attached hydrogen (secondary N) is 1. The molecule has 0 radical (unpaired) electrons. The zero-order valence-electron chi connectivity index (χ0n) is 20.5. The molecule has 9 nitrogen and oxygen atoms in total. The fraction of sp³-hybridized carbons (Fsp3) is 0.308. The van der Waals surface area contributed by atoms with Crippen molar-refractivity contribution in [3.05, 3.63) is 70.4 Å². The Labute approximate surface area is 205 Å². The van der Waals surface area contributed by atoms with Crippen LogP contribution in [0.25, 0.3) is 5.57 Å². The fourth-order valence-electron chi connectivity index (χ4n) is 2.97. The summed E-state index contributed by atoms with van der Waals surface area (Å²) in [5.41, 5.74) is 2.67. The number of carbonyl (C=O) groups is 1. The van der Waals surface area contributed by atoms with Crippen LogP contribution in [0.15, 0.2) is 53.1 Å². The highest BCUT2D eigenvalue weighted by Gasteiger charge is 2.22. The molecule has 0 saturated heterocycles. The van der Waals surface area contributed by atoms with E-state index >= 15 is 0 Å². The first kappa shape index (κ1) is 26.9. The number of nitrogens with zero attached hydrogens (tertiary/aromatic N) is 5. The minimum atomic E-state index is -0.825. The summed E-state index contributed by atoms with van der Waals surface area (Å²) in [5.74, 6) is -0.142. The second-order valence-electron chi connectivity index (χ2n) is 8.14. The molecule has 0 saturated carbocycles. The largest absolute Gasteiger partial charge is 0.474 e. The summed E-state index contributed by atoms with van der Waals surface area (Å²) < 4.78 is 10.5. The fourth-order valence-corrected chi connectivity index (χ4v) is 2.97. The number of carbonyl (C=O) groups excluding carboxylic acids is 1. The lowest BCUT2D eigenvalue weighted by atomic mass is 9.90. The molecule has 180 valence electrons. The van der Waals surface area contributed by atoms with Crippen LogP contribution < -0.4 is 10.1 Å². The standard InChI is InChI=1S/C26H28N6O3/c1-17(32-24(33)19-7-8-30-23(13-19)26(3,4)16-28)11-22(18(2)29-5)21-12-20(14-27)25(31-15-21)35-10-9-34-6/h7-8,11-13,15H,5,9-10H2,1-4,6H3,(H,32,33)/b17-11+,22-18+. The lowest BCUT2D eigenvalue weighted by Gasteiger charge is -2.15. The summed E-state index contributed by atoms with van der Waals surface area (Å²) >= 11 is 0. The third-order valence-corrected chi connectivity index (χ3v) is 5.05. The first-order valence-electron chi connectivity index (χ1n) is 10.7. The van der Waals surface area contributed by atoms with Gasteiger partial charge in [0.05, 0.1) is 23.8 Å². The quantitative estimate of drug-likeness (QED) is 0.314. The van der Waals surface area contributed by atoms with Gasteiger partial charge in [-0.15, -0.1) is 0 Å². The number of aromatic nitrogens is 2. The number of pyridine rings is 2. The van der Waals surface area contributed by atoms with Gasteiger partial charge < -0.3 is 14.8 Å². The van der Waals surface area contributed by atoms with E-state index < -0.39 is 5.41 Å². The highest BCUT2D eigenvalue weighted by Crippen LogP contribution is 2.26. The Hall–Kier alpha value is -4.34. The van der Waals surface area contributed by atoms with Gasteiger partial charge in [0.25, 0.3) is 5.91 Å². The van der Waals surface area contributed by atoms with Crippen molar-refractivity contribution in [3.63, 3.8) is 0 Å². The number of aliphatic imine (C=N–C) groups is 1. The van der Waals surface area contributed by atoms with Crippen molar-refractivity contribution < 1.29 is 14.3 Å². The molecule has 9 heteroatoms. The Morgan fingerprint density at radius 3 is 2.60 bits per heavy atom. The van der Waals surface area contributed by atoms with E-state index in [1.165, 1.54) is 6.20 Å². The maximum absolute atomic E-state index is 12.9. The SMILES string of the molecule is C=N/C(C)=C(\C=C(/C)NC(=O)c1ccnc(C(C)(C)C#N)c1)c1cnc(OCCOC)c(C#N)c1. The summed E-state index contributed by atoms with van der Waals surface area (Å²) in [6.07, 6.45) is 4.80. The van der Waals surface area contributed by atoms with Gasteiger partial charge in [0.2, 0.25) is 5.88 Å². The van der Waals surface area contributed by atoms with E-state index in [9.17, 15) is 15.3 Å². The first-order chi connectivity index (χ1) is 16.7. The van der Waals surface area contributed by atoms with Crippen molar-refractivity contribution in [1.29, 1.82) is 10.5 Å². The number of methoxy groups -OCH3 is 1. The van der Waals surface area contributed by atoms with Gasteiger partial charge in [-0.3, -0.25) is 14.8 Å². The van der Waals surface area contributed by atoms with Gasteiger partial charge in [0.1, 0.15) is 18.2 Å². The van der Waals surface area contributed by atoms with Crippen molar-refractivity contribution >= 4 is 18.2 Å². The number of hydrogen-bond acceptors (Lipinski definition) is 8. The maximum Gasteiger partial charge on any atom is 0.255 e. The van der Waals surface area contributed by atoms with Crippen molar-refractivity contribution in [3.8, 4) is 18.0 Å². The number of hydrogen-bond donors (Lipinski definition) is 1. The number of amides is 1. The van der Waals surface area contributed by atoms with E-state index in [4.69, 9.17) is 9.47 Å². The minimum Gasteiger partial charge on any atom is -0.474 e. The van der Waals surface area contributed by atoms with E-state index in [1.54, 1.807) is 65.3 Å². The van der Waals surface area contributed by atoms with Crippen LogP contribution in [0.1, 0.15) is 54.9 Å². The van der Waals surface area contributed by atoms with E-state index in [1.807, 2.05) is 0 Å². The molecule has 0 atom stereocenters. The number of rotatable bonds is 10. The highest BCUT2D eigenvalue weighted by molar-refractivity contribution is 5.95. The monoisotopic (exact) mass is 472 g/mol. The molecule has 0 aromatic carbocycles. The van der Waals surface area contributed by atoms with Crippen molar-refractivity contribution in [2.45, 2.75) is 33.1 Å². The molecule has 0 aliphatic heterocycles. The summed E-state index contributed by atoms with van der Waals surface area (Å²) in [5, 5.41) is 21.7. The topological polar surface area (TPSA) is 133 Å². The molecule has 0 aliphatic rings. The zero-order valence-corrected chi connectivity index (χ0v) is 20.5. The maximum atomic E-state index is 12.9. The predicted molar refractivity (Wildman–Crippen MR) is 133 cm³/mol. The Balaban J connectivity index is 2.34. The number of nitriles is 2. The minimum absolute atomic E-state index is 0.208. The highest BCUT2D eigenvalue weighted by atomic mass is 16.5. The van der Waals surface area contributed by atoms with Crippen LogP contribution in [0.5, 0.6) is 5.88 Å². The number of ether oxygens (including phenoxy) is 2. The third kappa shape index (κ3) is 7.07. The molecule has 0 fully saturated rings. The molecule has 2 aromatic rings. The van der Waals surface area contributed by atoms with Crippen molar-refractivity contribution in [1.82, 2.24) is 15.3 Å². The van der Waals surface area contributed by atoms with Gasteiger partial charge in [0, 0.05) is 47.6 Å². The molecule has 2 heterocycles. The van der Waals surface area contributed by atoms with Gasteiger partial charge in [-0.25, -0.2) is 4.98 Å². The average molecular weight is 473 g/mol. The van der Waals surface area contributed by atoms with Crippen molar-refractivity contribution in [2.24, 2.45) is 4.99 Å². The van der Waals surface area contributed by atoms with Crippen molar-refractivity contribution in [2.75, 3.05) is 20.3 Å². The molecule has 0 unspecified atom stereocenters. The third-order valence-electron chi connectivity index (χ3n) is 5.05. The van der Waals surface area contributed by atoms with Gasteiger partial charge in [0.15, 0.2) is 0 Å². The molecule has 1 amide bonds. The van der Waals surface area contributed by atoms with Crippen LogP contribution in [0.4, 0.5) is 0 Å². The molecular formula is C26H28N6O3. The average Bonchev–Trinajstić information content (AvgIpc) is 2.87. The summed E-state index contributed by atoms with van der Waals surface area (Å²) in [6, 6.07) is 9.10.